The van der Waals surface area contributed by atoms with Crippen LogP contribution in [0.25, 0.3) is 0 Å². The van der Waals surface area contributed by atoms with Crippen molar-refractivity contribution in [2.75, 3.05) is 7.11 Å². The van der Waals surface area contributed by atoms with Crippen molar-refractivity contribution < 1.29 is 4.74 Å². The van der Waals surface area contributed by atoms with Crippen molar-refractivity contribution in [3.05, 3.63) is 11.9 Å². The fourth-order valence-corrected chi connectivity index (χ4v) is 2.04. The predicted octanol–water partition coefficient (Wildman–Crippen LogP) is 2.00. The topological polar surface area (TPSA) is 65.1 Å². The molecule has 0 bridgehead atoms. The molecule has 5 heteroatoms. The van der Waals surface area contributed by atoms with Gasteiger partial charge < -0.3 is 4.74 Å². The molecule has 0 fully saturated rings. The van der Waals surface area contributed by atoms with Crippen LogP contribution in [0.1, 0.15) is 51.3 Å². The summed E-state index contributed by atoms with van der Waals surface area (Å²) >= 11 is 0. The van der Waals surface area contributed by atoms with E-state index in [-0.39, 0.29) is 6.04 Å². The molecular weight excluding hydrogens is 216 g/mol. The zero-order chi connectivity index (χ0) is 12.7. The maximum absolute atomic E-state index is 5.65. The first kappa shape index (κ1) is 14.0. The normalized spacial score (nSPS) is 12.7. The summed E-state index contributed by atoms with van der Waals surface area (Å²) in [6, 6.07) is 0.110. The summed E-state index contributed by atoms with van der Waals surface area (Å²) in [5.74, 6) is 6.46. The fourth-order valence-electron chi connectivity index (χ4n) is 2.04. The summed E-state index contributed by atoms with van der Waals surface area (Å²) < 4.78 is 7.28. The van der Waals surface area contributed by atoms with E-state index >= 15 is 0 Å². The molecule has 98 valence electrons. The molecule has 0 radical (unpaired) electrons. The molecule has 0 aromatic carbocycles. The summed E-state index contributed by atoms with van der Waals surface area (Å²) in [6.45, 7) is 5.09. The van der Waals surface area contributed by atoms with E-state index in [1.807, 2.05) is 4.68 Å². The van der Waals surface area contributed by atoms with Crippen molar-refractivity contribution >= 4 is 0 Å². The first-order valence-electron chi connectivity index (χ1n) is 6.34. The summed E-state index contributed by atoms with van der Waals surface area (Å²) in [5.41, 5.74) is 3.92. The lowest BCUT2D eigenvalue weighted by atomic mass is 10.1. The Morgan fingerprint density at radius 3 is 2.76 bits per heavy atom. The molecule has 0 amide bonds. The quantitative estimate of drug-likeness (QED) is 0.414. The number of nitrogens with zero attached hydrogens (tertiary/aromatic N) is 2. The van der Waals surface area contributed by atoms with Crippen LogP contribution in [-0.2, 0) is 6.54 Å². The fraction of sp³-hybridized carbons (Fsp3) is 0.750. The highest BCUT2D eigenvalue weighted by Crippen LogP contribution is 2.28. The standard InChI is InChI=1S/C12H24N4O/c1-4-6-7-8-10(15-13)12-11(17-3)9-14-16(12)5-2/h9-10,15H,4-8,13H2,1-3H3. The number of aromatic nitrogens is 2. The molecule has 1 atom stereocenters. The number of nitrogens with two attached hydrogens (primary N) is 1. The Hall–Kier alpha value is -1.07. The molecule has 0 aliphatic rings. The number of nitrogens with one attached hydrogen (secondary N) is 1. The number of hydrogen-bond donors (Lipinski definition) is 2. The monoisotopic (exact) mass is 240 g/mol. The van der Waals surface area contributed by atoms with Gasteiger partial charge in [-0.1, -0.05) is 26.2 Å². The van der Waals surface area contributed by atoms with Gasteiger partial charge in [0.25, 0.3) is 0 Å². The van der Waals surface area contributed by atoms with Crippen molar-refractivity contribution in [2.24, 2.45) is 5.84 Å². The molecule has 0 aliphatic heterocycles. The minimum atomic E-state index is 0.110. The third-order valence-electron chi connectivity index (χ3n) is 2.99. The highest BCUT2D eigenvalue weighted by Gasteiger charge is 2.19. The molecule has 1 rings (SSSR count). The molecule has 0 saturated carbocycles. The Labute approximate surface area is 103 Å². The maximum Gasteiger partial charge on any atom is 0.161 e. The number of methoxy groups -OCH3 is 1. The van der Waals surface area contributed by atoms with Crippen LogP contribution in [0.5, 0.6) is 5.75 Å². The van der Waals surface area contributed by atoms with Gasteiger partial charge in [0.2, 0.25) is 0 Å². The molecule has 1 aromatic rings. The van der Waals surface area contributed by atoms with Crippen molar-refractivity contribution in [2.45, 2.75) is 52.1 Å². The minimum absolute atomic E-state index is 0.110. The van der Waals surface area contributed by atoms with Crippen molar-refractivity contribution in [3.63, 3.8) is 0 Å². The predicted molar refractivity (Wildman–Crippen MR) is 68.7 cm³/mol. The van der Waals surface area contributed by atoms with Gasteiger partial charge in [0, 0.05) is 6.54 Å². The van der Waals surface area contributed by atoms with Crippen LogP contribution in [0, 0.1) is 0 Å². The average molecular weight is 240 g/mol. The van der Waals surface area contributed by atoms with Gasteiger partial charge >= 0.3 is 0 Å². The van der Waals surface area contributed by atoms with Crippen LogP contribution in [0.2, 0.25) is 0 Å². The second kappa shape index (κ2) is 7.29. The number of rotatable bonds is 8. The van der Waals surface area contributed by atoms with E-state index in [2.05, 4.69) is 24.4 Å². The molecule has 17 heavy (non-hydrogen) atoms. The molecule has 0 spiro atoms. The Balaban J connectivity index is 2.81. The van der Waals surface area contributed by atoms with Gasteiger partial charge in [0.1, 0.15) is 0 Å². The maximum atomic E-state index is 5.65. The molecule has 1 heterocycles. The van der Waals surface area contributed by atoms with E-state index in [0.29, 0.717) is 0 Å². The molecule has 1 aromatic heterocycles. The number of unbranched alkanes of at least 4 members (excludes halogenated alkanes) is 2. The third-order valence-corrected chi connectivity index (χ3v) is 2.99. The van der Waals surface area contributed by atoms with Gasteiger partial charge in [0.15, 0.2) is 5.75 Å². The first-order chi connectivity index (χ1) is 8.28. The van der Waals surface area contributed by atoms with Crippen LogP contribution in [0.15, 0.2) is 6.20 Å². The Kier molecular flexibility index (Phi) is 6.00. The second-order valence-electron chi connectivity index (χ2n) is 4.13. The van der Waals surface area contributed by atoms with Gasteiger partial charge in [-0.05, 0) is 13.3 Å². The van der Waals surface area contributed by atoms with Crippen LogP contribution in [0.4, 0.5) is 0 Å². The zero-order valence-corrected chi connectivity index (χ0v) is 11.1. The van der Waals surface area contributed by atoms with Crippen LogP contribution < -0.4 is 16.0 Å². The molecule has 0 saturated heterocycles. The van der Waals surface area contributed by atoms with E-state index < -0.39 is 0 Å². The van der Waals surface area contributed by atoms with Gasteiger partial charge in [-0.3, -0.25) is 16.0 Å². The number of hydrogen-bond acceptors (Lipinski definition) is 4. The minimum Gasteiger partial charge on any atom is -0.493 e. The Morgan fingerprint density at radius 1 is 1.47 bits per heavy atom. The average Bonchev–Trinajstić information content (AvgIpc) is 2.77. The molecule has 3 N–H and O–H groups in total. The molecule has 0 aliphatic carbocycles. The summed E-state index contributed by atoms with van der Waals surface area (Å²) in [4.78, 5) is 0. The summed E-state index contributed by atoms with van der Waals surface area (Å²) in [7, 11) is 1.67. The van der Waals surface area contributed by atoms with Gasteiger partial charge in [-0.15, -0.1) is 0 Å². The van der Waals surface area contributed by atoms with Gasteiger partial charge in [-0.2, -0.15) is 5.10 Å². The number of aryl methyl sites for hydroxylation is 1. The van der Waals surface area contributed by atoms with Gasteiger partial charge in [-0.25, -0.2) is 0 Å². The van der Waals surface area contributed by atoms with E-state index in [9.17, 15) is 0 Å². The Bertz CT molecular complexity index is 303. The van der Waals surface area contributed by atoms with Crippen LogP contribution in [0.3, 0.4) is 0 Å². The largest absolute Gasteiger partial charge is 0.493 e. The lowest BCUT2D eigenvalue weighted by Crippen LogP contribution is -2.30. The Morgan fingerprint density at radius 2 is 2.24 bits per heavy atom. The van der Waals surface area contributed by atoms with E-state index in [1.165, 1.54) is 12.8 Å². The summed E-state index contributed by atoms with van der Waals surface area (Å²) in [5, 5.41) is 4.30. The van der Waals surface area contributed by atoms with Crippen molar-refractivity contribution in [1.82, 2.24) is 15.2 Å². The lowest BCUT2D eigenvalue weighted by Gasteiger charge is -2.18. The summed E-state index contributed by atoms with van der Waals surface area (Å²) in [6.07, 6.45) is 6.35. The first-order valence-corrected chi connectivity index (χ1v) is 6.34. The van der Waals surface area contributed by atoms with Crippen molar-refractivity contribution in [3.8, 4) is 5.75 Å². The smallest absolute Gasteiger partial charge is 0.161 e. The van der Waals surface area contributed by atoms with E-state index in [1.54, 1.807) is 13.3 Å². The molecule has 5 nitrogen and oxygen atoms in total. The zero-order valence-electron chi connectivity index (χ0n) is 11.1. The van der Waals surface area contributed by atoms with Gasteiger partial charge in [0.05, 0.1) is 25.0 Å². The molecular formula is C12H24N4O. The SMILES string of the molecule is CCCCCC(NN)c1c(OC)cnn1CC. The number of ether oxygens (including phenoxy) is 1. The third kappa shape index (κ3) is 3.44. The second-order valence-corrected chi connectivity index (χ2v) is 4.13. The van der Waals surface area contributed by atoms with Crippen LogP contribution in [-0.4, -0.2) is 16.9 Å². The number of hydrazine groups is 1. The lowest BCUT2D eigenvalue weighted by molar-refractivity contribution is 0.383. The highest BCUT2D eigenvalue weighted by atomic mass is 16.5. The highest BCUT2D eigenvalue weighted by molar-refractivity contribution is 5.28. The van der Waals surface area contributed by atoms with Crippen LogP contribution >= 0.6 is 0 Å². The van der Waals surface area contributed by atoms with E-state index in [0.717, 1.165) is 30.8 Å². The van der Waals surface area contributed by atoms with E-state index in [4.69, 9.17) is 10.6 Å². The van der Waals surface area contributed by atoms with Crippen molar-refractivity contribution in [1.29, 1.82) is 0 Å². The molecule has 1 unspecified atom stereocenters.